The minimum absolute atomic E-state index is 0.135. The van der Waals surface area contributed by atoms with Gasteiger partial charge < -0.3 is 20.8 Å². The molecular weight excluding hydrogens is 494 g/mol. The number of aromatic nitrogens is 2. The van der Waals surface area contributed by atoms with Crippen LogP contribution in [-0.4, -0.2) is 27.6 Å². The number of rotatable bonds is 5. The highest BCUT2D eigenvalue weighted by Crippen LogP contribution is 2.35. The standard InChI is InChI=1S/C26H22ClN7O3/c1-13-22(24(36)32-21-11-15(14(2)35)9-10-29-21)23(17-5-3-4-6-18(17)27)33-25(30-13)34-26-31-19-12-16(28)7-8-20(19)37-26/h3-12,23H,28H2,1-2H3,(H,29,32,36)(H2,30,31,33,34). The van der Waals surface area contributed by atoms with Gasteiger partial charge in [0.2, 0.25) is 5.96 Å². The van der Waals surface area contributed by atoms with E-state index in [0.29, 0.717) is 50.2 Å². The second kappa shape index (κ2) is 9.75. The second-order valence-corrected chi connectivity index (χ2v) is 8.78. The lowest BCUT2D eigenvalue weighted by molar-refractivity contribution is -0.113. The molecule has 4 aromatic rings. The molecule has 1 aliphatic rings. The number of nitrogens with zero attached hydrogens (tertiary/aromatic N) is 3. The van der Waals surface area contributed by atoms with E-state index in [1.54, 1.807) is 49.4 Å². The van der Waals surface area contributed by atoms with Crippen LogP contribution < -0.4 is 21.7 Å². The molecule has 1 aliphatic heterocycles. The van der Waals surface area contributed by atoms with Gasteiger partial charge in [0, 0.05) is 33.7 Å². The number of amides is 1. The first-order valence-electron chi connectivity index (χ1n) is 11.3. The molecule has 11 heteroatoms. The number of carbonyl (C=O) groups excluding carboxylic acids is 2. The molecule has 5 rings (SSSR count). The van der Waals surface area contributed by atoms with E-state index in [1.807, 2.05) is 6.07 Å². The molecule has 2 aromatic heterocycles. The van der Waals surface area contributed by atoms with E-state index in [2.05, 4.69) is 25.9 Å². The van der Waals surface area contributed by atoms with Crippen LogP contribution in [0.2, 0.25) is 5.02 Å². The maximum atomic E-state index is 13.5. The summed E-state index contributed by atoms with van der Waals surface area (Å²) in [7, 11) is 0. The number of carbonyl (C=O) groups is 2. The number of guanidine groups is 1. The zero-order chi connectivity index (χ0) is 26.1. The summed E-state index contributed by atoms with van der Waals surface area (Å²) in [4.78, 5) is 38.5. The van der Waals surface area contributed by atoms with Gasteiger partial charge in [0.25, 0.3) is 5.91 Å². The zero-order valence-corrected chi connectivity index (χ0v) is 20.6. The Labute approximate surface area is 216 Å². The second-order valence-electron chi connectivity index (χ2n) is 8.38. The topological polar surface area (TPSA) is 148 Å². The average Bonchev–Trinajstić information content (AvgIpc) is 3.25. The predicted molar refractivity (Wildman–Crippen MR) is 142 cm³/mol. The van der Waals surface area contributed by atoms with Gasteiger partial charge in [0.05, 0.1) is 5.57 Å². The van der Waals surface area contributed by atoms with Crippen molar-refractivity contribution in [1.29, 1.82) is 0 Å². The van der Waals surface area contributed by atoms with Crippen LogP contribution in [0.15, 0.2) is 81.5 Å². The van der Waals surface area contributed by atoms with Gasteiger partial charge in [-0.1, -0.05) is 29.8 Å². The number of nitrogens with one attached hydrogen (secondary N) is 3. The summed E-state index contributed by atoms with van der Waals surface area (Å²) in [6.45, 7) is 3.20. The Bertz CT molecular complexity index is 1610. The Morgan fingerprint density at radius 2 is 1.95 bits per heavy atom. The highest BCUT2D eigenvalue weighted by atomic mass is 35.5. The molecule has 2 aromatic carbocycles. The fraction of sp³-hybridized carbons (Fsp3) is 0.115. The molecule has 186 valence electrons. The molecule has 1 atom stereocenters. The molecule has 1 unspecified atom stereocenters. The number of nitrogens with two attached hydrogens (primary N) is 1. The molecule has 10 nitrogen and oxygen atoms in total. The third-order valence-corrected chi connectivity index (χ3v) is 6.08. The van der Waals surface area contributed by atoms with Gasteiger partial charge in [0.15, 0.2) is 11.4 Å². The predicted octanol–water partition coefficient (Wildman–Crippen LogP) is 4.69. The maximum Gasteiger partial charge on any atom is 0.302 e. The van der Waals surface area contributed by atoms with Gasteiger partial charge in [-0.25, -0.2) is 9.98 Å². The first kappa shape index (κ1) is 24.0. The van der Waals surface area contributed by atoms with Crippen molar-refractivity contribution in [2.75, 3.05) is 16.4 Å². The van der Waals surface area contributed by atoms with Crippen molar-refractivity contribution in [1.82, 2.24) is 15.3 Å². The molecule has 0 fully saturated rings. The van der Waals surface area contributed by atoms with Crippen molar-refractivity contribution in [3.8, 4) is 0 Å². The molecule has 0 saturated heterocycles. The van der Waals surface area contributed by atoms with Crippen LogP contribution in [0.25, 0.3) is 11.1 Å². The van der Waals surface area contributed by atoms with E-state index < -0.39 is 11.9 Å². The Balaban J connectivity index is 1.48. The van der Waals surface area contributed by atoms with E-state index in [4.69, 9.17) is 26.7 Å². The Morgan fingerprint density at radius 3 is 2.73 bits per heavy atom. The first-order chi connectivity index (χ1) is 17.8. The number of allylic oxidation sites excluding steroid dienone is 1. The lowest BCUT2D eigenvalue weighted by atomic mass is 9.95. The largest absolute Gasteiger partial charge is 0.423 e. The fourth-order valence-electron chi connectivity index (χ4n) is 3.96. The molecule has 0 radical (unpaired) electrons. The van der Waals surface area contributed by atoms with Crippen molar-refractivity contribution in [3.05, 3.63) is 88.2 Å². The Morgan fingerprint density at radius 1 is 1.14 bits per heavy atom. The SMILES string of the molecule is CC(=O)c1ccnc(NC(=O)C2=C(C)NC(Nc3nc4cc(N)ccc4o3)=NC2c2ccccc2Cl)c1. The average molecular weight is 516 g/mol. The summed E-state index contributed by atoms with van der Waals surface area (Å²) in [5.41, 5.74) is 9.48. The molecular formula is C26H22ClN7O3. The van der Waals surface area contributed by atoms with Gasteiger partial charge >= 0.3 is 6.01 Å². The summed E-state index contributed by atoms with van der Waals surface area (Å²) in [6.07, 6.45) is 1.46. The summed E-state index contributed by atoms with van der Waals surface area (Å²) in [5.74, 6) is -0.0169. The Hall–Kier alpha value is -4.70. The van der Waals surface area contributed by atoms with Gasteiger partial charge in [-0.15, -0.1) is 0 Å². The van der Waals surface area contributed by atoms with E-state index in [0.717, 1.165) is 0 Å². The zero-order valence-electron chi connectivity index (χ0n) is 19.9. The van der Waals surface area contributed by atoms with Gasteiger partial charge in [0.1, 0.15) is 17.4 Å². The molecule has 5 N–H and O–H groups in total. The van der Waals surface area contributed by atoms with Crippen LogP contribution >= 0.6 is 11.6 Å². The highest BCUT2D eigenvalue weighted by Gasteiger charge is 2.31. The Kier molecular flexibility index (Phi) is 6.33. The quantitative estimate of drug-likeness (QED) is 0.221. The molecule has 0 aliphatic carbocycles. The number of aliphatic imine (C=N–C) groups is 1. The highest BCUT2D eigenvalue weighted by molar-refractivity contribution is 6.31. The van der Waals surface area contributed by atoms with Crippen molar-refractivity contribution >= 4 is 57.9 Å². The number of ketones is 1. The molecule has 0 bridgehead atoms. The van der Waals surface area contributed by atoms with Gasteiger partial charge in [-0.3, -0.25) is 14.9 Å². The lowest BCUT2D eigenvalue weighted by Crippen LogP contribution is -2.37. The van der Waals surface area contributed by atoms with Gasteiger partial charge in [-0.2, -0.15) is 4.98 Å². The molecule has 1 amide bonds. The number of benzene rings is 2. The lowest BCUT2D eigenvalue weighted by Gasteiger charge is -2.26. The minimum atomic E-state index is -0.756. The molecule has 0 saturated carbocycles. The number of anilines is 3. The van der Waals surface area contributed by atoms with Crippen LogP contribution in [0.3, 0.4) is 0 Å². The normalized spacial score (nSPS) is 15.2. The van der Waals surface area contributed by atoms with Crippen LogP contribution in [0, 0.1) is 0 Å². The molecule has 3 heterocycles. The fourth-order valence-corrected chi connectivity index (χ4v) is 4.20. The number of Topliss-reactive ketones (excluding diaryl/α,β-unsaturated/α-hetero) is 1. The number of oxazole rings is 1. The van der Waals surface area contributed by atoms with Gasteiger partial charge in [-0.05, 0) is 50.2 Å². The van der Waals surface area contributed by atoms with Crippen molar-refractivity contribution < 1.29 is 14.0 Å². The van der Waals surface area contributed by atoms with Crippen LogP contribution in [-0.2, 0) is 4.79 Å². The number of pyridine rings is 1. The van der Waals surface area contributed by atoms with Crippen molar-refractivity contribution in [2.24, 2.45) is 4.99 Å². The summed E-state index contributed by atoms with van der Waals surface area (Å²) in [5, 5.41) is 9.35. The van der Waals surface area contributed by atoms with E-state index in [1.165, 1.54) is 19.2 Å². The monoisotopic (exact) mass is 515 g/mol. The third-order valence-electron chi connectivity index (χ3n) is 5.73. The van der Waals surface area contributed by atoms with Crippen molar-refractivity contribution in [3.63, 3.8) is 0 Å². The summed E-state index contributed by atoms with van der Waals surface area (Å²) >= 11 is 6.51. The first-order valence-corrected chi connectivity index (χ1v) is 11.7. The van der Waals surface area contributed by atoms with Crippen LogP contribution in [0.1, 0.15) is 35.8 Å². The molecule has 0 spiro atoms. The maximum absolute atomic E-state index is 13.5. The van der Waals surface area contributed by atoms with E-state index >= 15 is 0 Å². The smallest absolute Gasteiger partial charge is 0.302 e. The number of nitrogen functional groups attached to an aromatic ring is 1. The van der Waals surface area contributed by atoms with E-state index in [9.17, 15) is 9.59 Å². The van der Waals surface area contributed by atoms with Crippen LogP contribution in [0.4, 0.5) is 17.5 Å². The summed E-state index contributed by atoms with van der Waals surface area (Å²) in [6, 6.07) is 14.9. The minimum Gasteiger partial charge on any atom is -0.423 e. The van der Waals surface area contributed by atoms with E-state index in [-0.39, 0.29) is 17.6 Å². The summed E-state index contributed by atoms with van der Waals surface area (Å²) < 4.78 is 5.75. The number of hydrogen-bond acceptors (Lipinski definition) is 9. The van der Waals surface area contributed by atoms with Crippen molar-refractivity contribution in [2.45, 2.75) is 19.9 Å². The third kappa shape index (κ3) is 5.00. The van der Waals surface area contributed by atoms with Crippen LogP contribution in [0.5, 0.6) is 0 Å². The number of halogens is 1. The molecule has 37 heavy (non-hydrogen) atoms. The number of hydrogen-bond donors (Lipinski definition) is 4. The number of fused-ring (bicyclic) bond motifs is 1.